The smallest absolute Gasteiger partial charge is 0.233 e. The third-order valence-corrected chi connectivity index (χ3v) is 5.86. The second-order valence-electron chi connectivity index (χ2n) is 6.61. The predicted octanol–water partition coefficient (Wildman–Crippen LogP) is 2.05. The third-order valence-electron chi connectivity index (χ3n) is 4.93. The first-order chi connectivity index (χ1) is 13.8. The molecule has 0 radical (unpaired) electrons. The Morgan fingerprint density at radius 1 is 1.07 bits per heavy atom. The normalized spacial score (nSPS) is 14.9. The number of imidazole rings is 1. The van der Waals surface area contributed by atoms with Gasteiger partial charge in [-0.15, -0.1) is 5.10 Å². The van der Waals surface area contributed by atoms with E-state index in [1.165, 1.54) is 11.8 Å². The number of para-hydroxylation sites is 2. The maximum atomic E-state index is 12.7. The molecule has 1 aliphatic heterocycles. The monoisotopic (exact) mass is 393 g/mol. The Hall–Kier alpha value is -3.07. The van der Waals surface area contributed by atoms with E-state index in [2.05, 4.69) is 25.1 Å². The predicted molar refractivity (Wildman–Crippen MR) is 109 cm³/mol. The Morgan fingerprint density at radius 2 is 1.89 bits per heavy atom. The number of piperazine rings is 1. The average Bonchev–Trinajstić information content (AvgIpc) is 3.32. The summed E-state index contributed by atoms with van der Waals surface area (Å²) in [5.41, 5.74) is 1.90. The number of carbonyl (C=O) groups is 1. The van der Waals surface area contributed by atoms with Gasteiger partial charge in [-0.1, -0.05) is 30.0 Å². The van der Waals surface area contributed by atoms with Crippen LogP contribution < -0.4 is 4.90 Å². The number of hydrogen-bond acceptors (Lipinski definition) is 6. The minimum absolute atomic E-state index is 0.131. The van der Waals surface area contributed by atoms with E-state index >= 15 is 0 Å². The first-order valence-corrected chi connectivity index (χ1v) is 10.2. The minimum atomic E-state index is 0.131. The molecular formula is C19H19N7OS. The molecule has 0 saturated carbocycles. The maximum absolute atomic E-state index is 12.7. The molecule has 5 rings (SSSR count). The van der Waals surface area contributed by atoms with E-state index in [0.29, 0.717) is 24.6 Å². The van der Waals surface area contributed by atoms with Crippen LogP contribution in [-0.2, 0) is 4.79 Å². The Bertz CT molecular complexity index is 1120. The molecule has 9 heteroatoms. The van der Waals surface area contributed by atoms with Crippen molar-refractivity contribution in [3.63, 3.8) is 0 Å². The first-order valence-electron chi connectivity index (χ1n) is 9.18. The van der Waals surface area contributed by atoms with E-state index in [1.807, 2.05) is 51.8 Å². The van der Waals surface area contributed by atoms with Crippen LogP contribution in [0, 0.1) is 0 Å². The molecule has 142 valence electrons. The summed E-state index contributed by atoms with van der Waals surface area (Å²) in [6.45, 7) is 3.01. The van der Waals surface area contributed by atoms with Gasteiger partial charge in [0.15, 0.2) is 5.16 Å². The number of anilines is 1. The number of hydrogen-bond donors (Lipinski definition) is 1. The van der Waals surface area contributed by atoms with Crippen LogP contribution in [-0.4, -0.2) is 67.3 Å². The molecule has 3 aromatic heterocycles. The van der Waals surface area contributed by atoms with Crippen LogP contribution in [0.1, 0.15) is 0 Å². The number of rotatable bonds is 4. The number of carbonyl (C=O) groups excluding carboxylic acids is 1. The zero-order chi connectivity index (χ0) is 18.9. The van der Waals surface area contributed by atoms with Gasteiger partial charge in [0, 0.05) is 32.4 Å². The highest BCUT2D eigenvalue weighted by Gasteiger charge is 2.22. The van der Waals surface area contributed by atoms with Crippen molar-refractivity contribution >= 4 is 40.3 Å². The van der Waals surface area contributed by atoms with E-state index in [0.717, 1.165) is 35.1 Å². The first kappa shape index (κ1) is 17.1. The van der Waals surface area contributed by atoms with Crippen molar-refractivity contribution in [3.8, 4) is 0 Å². The summed E-state index contributed by atoms with van der Waals surface area (Å²) >= 11 is 1.44. The Balaban J connectivity index is 1.23. The molecule has 0 unspecified atom stereocenters. The van der Waals surface area contributed by atoms with Gasteiger partial charge in [-0.3, -0.25) is 9.20 Å². The van der Waals surface area contributed by atoms with Crippen molar-refractivity contribution in [2.75, 3.05) is 36.8 Å². The van der Waals surface area contributed by atoms with Crippen LogP contribution in [0.15, 0.2) is 53.8 Å². The highest BCUT2D eigenvalue weighted by atomic mass is 32.2. The van der Waals surface area contributed by atoms with E-state index in [4.69, 9.17) is 0 Å². The standard InChI is InChI=1S/C19H19N7OS/c27-17(25-11-9-24(10-12-25)16-7-3-4-8-20-16)13-28-19-23-22-18-21-14-5-1-2-6-15(14)26(18)19/h1-8H,9-13H2,(H,21,22). The van der Waals surface area contributed by atoms with Crippen LogP contribution in [0.25, 0.3) is 16.8 Å². The Labute approximate surface area is 165 Å². The fourth-order valence-electron chi connectivity index (χ4n) is 3.48. The summed E-state index contributed by atoms with van der Waals surface area (Å²) in [5.74, 6) is 2.15. The molecule has 1 N–H and O–H groups in total. The fourth-order valence-corrected chi connectivity index (χ4v) is 4.34. The quantitative estimate of drug-likeness (QED) is 0.535. The molecule has 1 amide bonds. The zero-order valence-corrected chi connectivity index (χ0v) is 16.0. The third kappa shape index (κ3) is 3.07. The Morgan fingerprint density at radius 3 is 2.71 bits per heavy atom. The summed E-state index contributed by atoms with van der Waals surface area (Å²) in [5, 5.41) is 8.03. The molecule has 1 fully saturated rings. The summed E-state index contributed by atoms with van der Waals surface area (Å²) in [6, 6.07) is 13.8. The molecule has 4 aromatic rings. The van der Waals surface area contributed by atoms with E-state index < -0.39 is 0 Å². The lowest BCUT2D eigenvalue weighted by atomic mass is 10.3. The van der Waals surface area contributed by atoms with E-state index in [9.17, 15) is 4.79 Å². The molecule has 0 bridgehead atoms. The summed E-state index contributed by atoms with van der Waals surface area (Å²) in [7, 11) is 0. The van der Waals surface area contributed by atoms with Crippen molar-refractivity contribution in [1.29, 1.82) is 0 Å². The summed E-state index contributed by atoms with van der Waals surface area (Å²) in [6.07, 6.45) is 1.80. The second-order valence-corrected chi connectivity index (χ2v) is 7.55. The number of aromatic nitrogens is 5. The minimum Gasteiger partial charge on any atom is -0.353 e. The maximum Gasteiger partial charge on any atom is 0.233 e. The van der Waals surface area contributed by atoms with Gasteiger partial charge in [-0.25, -0.2) is 15.1 Å². The molecule has 0 spiro atoms. The molecule has 1 saturated heterocycles. The SMILES string of the molecule is O=C(CSc1n[nH]c2nc3ccccc3n12)N1CCN(c2ccccn2)CC1. The molecule has 8 nitrogen and oxygen atoms in total. The van der Waals surface area contributed by atoms with Crippen molar-refractivity contribution in [2.24, 2.45) is 0 Å². The lowest BCUT2D eigenvalue weighted by molar-refractivity contribution is -0.128. The van der Waals surface area contributed by atoms with Gasteiger partial charge in [-0.2, -0.15) is 0 Å². The number of nitrogens with zero attached hydrogens (tertiary/aromatic N) is 6. The van der Waals surface area contributed by atoms with Gasteiger partial charge >= 0.3 is 0 Å². The number of thioether (sulfide) groups is 1. The topological polar surface area (TPSA) is 82.4 Å². The lowest BCUT2D eigenvalue weighted by Gasteiger charge is -2.35. The van der Waals surface area contributed by atoms with Crippen molar-refractivity contribution in [2.45, 2.75) is 5.16 Å². The molecule has 1 aromatic carbocycles. The van der Waals surface area contributed by atoms with Crippen molar-refractivity contribution in [3.05, 3.63) is 48.7 Å². The van der Waals surface area contributed by atoms with Gasteiger partial charge in [0.1, 0.15) is 5.82 Å². The second kappa shape index (κ2) is 7.16. The Kier molecular flexibility index (Phi) is 4.36. The number of nitrogens with one attached hydrogen (secondary N) is 1. The summed E-state index contributed by atoms with van der Waals surface area (Å²) < 4.78 is 1.96. The van der Waals surface area contributed by atoms with Gasteiger partial charge < -0.3 is 9.80 Å². The number of amides is 1. The number of aromatic amines is 1. The zero-order valence-electron chi connectivity index (χ0n) is 15.2. The molecule has 4 heterocycles. The molecule has 1 aliphatic rings. The number of H-pyrrole nitrogens is 1. The van der Waals surface area contributed by atoms with Gasteiger partial charge in [0.05, 0.1) is 16.8 Å². The summed E-state index contributed by atoms with van der Waals surface area (Å²) in [4.78, 5) is 25.7. The van der Waals surface area contributed by atoms with Crippen molar-refractivity contribution < 1.29 is 4.79 Å². The highest BCUT2D eigenvalue weighted by Crippen LogP contribution is 2.23. The van der Waals surface area contributed by atoms with Crippen molar-refractivity contribution in [1.82, 2.24) is 29.5 Å². The van der Waals surface area contributed by atoms with Crippen LogP contribution in [0.5, 0.6) is 0 Å². The molecule has 0 aliphatic carbocycles. The molecule has 0 atom stereocenters. The van der Waals surface area contributed by atoms with Crippen LogP contribution in [0.3, 0.4) is 0 Å². The fraction of sp³-hybridized carbons (Fsp3) is 0.263. The van der Waals surface area contributed by atoms with Gasteiger partial charge in [0.25, 0.3) is 0 Å². The van der Waals surface area contributed by atoms with E-state index in [-0.39, 0.29) is 5.91 Å². The van der Waals surface area contributed by atoms with Crippen LogP contribution in [0.2, 0.25) is 0 Å². The van der Waals surface area contributed by atoms with Crippen LogP contribution >= 0.6 is 11.8 Å². The average molecular weight is 393 g/mol. The molecular weight excluding hydrogens is 374 g/mol. The van der Waals surface area contributed by atoms with Gasteiger partial charge in [0.2, 0.25) is 11.7 Å². The lowest BCUT2D eigenvalue weighted by Crippen LogP contribution is -2.49. The highest BCUT2D eigenvalue weighted by molar-refractivity contribution is 7.99. The number of pyridine rings is 1. The van der Waals surface area contributed by atoms with E-state index in [1.54, 1.807) is 6.20 Å². The van der Waals surface area contributed by atoms with Crippen LogP contribution in [0.4, 0.5) is 5.82 Å². The van der Waals surface area contributed by atoms with Gasteiger partial charge in [-0.05, 0) is 24.3 Å². The largest absolute Gasteiger partial charge is 0.353 e. The number of benzene rings is 1. The molecule has 28 heavy (non-hydrogen) atoms. The number of fused-ring (bicyclic) bond motifs is 3.